The molecule has 0 amide bonds. The summed E-state index contributed by atoms with van der Waals surface area (Å²) in [7, 11) is 0. The Morgan fingerprint density at radius 2 is 1.89 bits per heavy atom. The Kier molecular flexibility index (Phi) is 6.77. The first-order chi connectivity index (χ1) is 8.76. The molecular weight excluding hydrogens is 226 g/mol. The molecule has 0 heterocycles. The van der Waals surface area contributed by atoms with Crippen molar-refractivity contribution in [1.82, 2.24) is 0 Å². The molecule has 1 aromatic carbocycles. The highest BCUT2D eigenvalue weighted by molar-refractivity contribution is 5.81. The zero-order valence-corrected chi connectivity index (χ0v) is 10.9. The molecule has 0 bridgehead atoms. The largest absolute Gasteiger partial charge is 0.494 e. The number of ether oxygens (including phenoxy) is 1. The Hall–Kier alpha value is -1.64. The summed E-state index contributed by atoms with van der Waals surface area (Å²) in [5.74, 6) is 0.778. The molecule has 1 rings (SSSR count). The van der Waals surface area contributed by atoms with E-state index in [1.807, 2.05) is 0 Å². The van der Waals surface area contributed by atoms with E-state index in [0.29, 0.717) is 12.2 Å². The summed E-state index contributed by atoms with van der Waals surface area (Å²) in [5.41, 5.74) is 1.47. The number of carbonyl (C=O) groups is 1. The quantitative estimate of drug-likeness (QED) is 0.409. The summed E-state index contributed by atoms with van der Waals surface area (Å²) in [6.45, 7) is 2.76. The van der Waals surface area contributed by atoms with E-state index in [0.717, 1.165) is 49.9 Å². The number of aldehydes is 1. The van der Waals surface area contributed by atoms with Gasteiger partial charge in [-0.2, -0.15) is 0 Å². The number of unbranched alkanes of at least 4 members (excludes halogenated alkanes) is 1. The summed E-state index contributed by atoms with van der Waals surface area (Å²) in [6, 6.07) is 7.08. The van der Waals surface area contributed by atoms with E-state index in [1.54, 1.807) is 24.3 Å². The molecule has 0 radical (unpaired) electrons. The van der Waals surface area contributed by atoms with Crippen LogP contribution in [0.25, 0.3) is 0 Å². The molecule has 3 nitrogen and oxygen atoms in total. The van der Waals surface area contributed by atoms with E-state index in [2.05, 4.69) is 6.92 Å². The highest BCUT2D eigenvalue weighted by atomic mass is 16.5. The van der Waals surface area contributed by atoms with Gasteiger partial charge in [-0.1, -0.05) is 13.3 Å². The van der Waals surface area contributed by atoms with Gasteiger partial charge in [-0.05, 0) is 49.9 Å². The maximum Gasteiger partial charge on any atom is 0.150 e. The molecule has 3 heteroatoms. The van der Waals surface area contributed by atoms with Gasteiger partial charge in [0.25, 0.3) is 0 Å². The van der Waals surface area contributed by atoms with Crippen LogP contribution in [0.3, 0.4) is 0 Å². The molecule has 18 heavy (non-hydrogen) atoms. The molecule has 1 aromatic rings. The fourth-order valence-corrected chi connectivity index (χ4v) is 1.63. The van der Waals surface area contributed by atoms with Gasteiger partial charge >= 0.3 is 0 Å². The average Bonchev–Trinajstić information content (AvgIpc) is 2.42. The molecule has 0 atom stereocenters. The Labute approximate surface area is 109 Å². The first-order valence-electron chi connectivity index (χ1n) is 6.50. The van der Waals surface area contributed by atoms with Gasteiger partial charge in [-0.15, -0.1) is 0 Å². The van der Waals surface area contributed by atoms with Crippen LogP contribution in [-0.2, 0) is 0 Å². The Morgan fingerprint density at radius 1 is 1.22 bits per heavy atom. The lowest BCUT2D eigenvalue weighted by molar-refractivity contribution is 0.112. The van der Waals surface area contributed by atoms with E-state index >= 15 is 0 Å². The van der Waals surface area contributed by atoms with Gasteiger partial charge in [-0.25, -0.2) is 0 Å². The van der Waals surface area contributed by atoms with E-state index in [4.69, 9.17) is 10.1 Å². The minimum absolute atomic E-state index is 0.620. The molecule has 98 valence electrons. The van der Waals surface area contributed by atoms with Crippen LogP contribution in [0, 0.1) is 5.41 Å². The van der Waals surface area contributed by atoms with Crippen molar-refractivity contribution in [3.63, 3.8) is 0 Å². The monoisotopic (exact) mass is 247 g/mol. The van der Waals surface area contributed by atoms with Gasteiger partial charge in [0, 0.05) is 11.3 Å². The topological polar surface area (TPSA) is 50.1 Å². The van der Waals surface area contributed by atoms with Gasteiger partial charge in [0.2, 0.25) is 0 Å². The summed E-state index contributed by atoms with van der Waals surface area (Å²) in [5, 5.41) is 7.73. The van der Waals surface area contributed by atoms with Gasteiger partial charge in [0.15, 0.2) is 0 Å². The second-order valence-electron chi connectivity index (χ2n) is 4.35. The third-order valence-corrected chi connectivity index (χ3v) is 2.74. The van der Waals surface area contributed by atoms with Crippen LogP contribution in [0.1, 0.15) is 49.4 Å². The standard InChI is InChI=1S/C15H21NO2/c1-2-3-5-14(16)6-4-11-18-15-9-7-13(12-17)8-10-15/h7-10,12,16H,2-6,11H2,1H3. The normalized spacial score (nSPS) is 10.1. The van der Waals surface area contributed by atoms with Crippen molar-refractivity contribution in [2.45, 2.75) is 39.0 Å². The number of hydrogen-bond acceptors (Lipinski definition) is 3. The fraction of sp³-hybridized carbons (Fsp3) is 0.467. The van der Waals surface area contributed by atoms with Crippen molar-refractivity contribution >= 4 is 12.0 Å². The lowest BCUT2D eigenvalue weighted by Crippen LogP contribution is -2.02. The molecule has 0 aliphatic carbocycles. The van der Waals surface area contributed by atoms with Crippen LogP contribution in [0.5, 0.6) is 5.75 Å². The first kappa shape index (κ1) is 14.4. The van der Waals surface area contributed by atoms with E-state index in [1.165, 1.54) is 0 Å². The zero-order valence-electron chi connectivity index (χ0n) is 10.9. The number of hydrogen-bond donors (Lipinski definition) is 1. The van der Waals surface area contributed by atoms with Gasteiger partial charge in [0.1, 0.15) is 12.0 Å². The summed E-state index contributed by atoms with van der Waals surface area (Å²) >= 11 is 0. The third-order valence-electron chi connectivity index (χ3n) is 2.74. The molecule has 1 N–H and O–H groups in total. The van der Waals surface area contributed by atoms with Gasteiger partial charge in [0.05, 0.1) is 6.61 Å². The molecular formula is C15H21NO2. The van der Waals surface area contributed by atoms with E-state index in [-0.39, 0.29) is 0 Å². The maximum absolute atomic E-state index is 10.5. The fourth-order valence-electron chi connectivity index (χ4n) is 1.63. The Morgan fingerprint density at radius 3 is 2.50 bits per heavy atom. The number of carbonyl (C=O) groups excluding carboxylic acids is 1. The van der Waals surface area contributed by atoms with Crippen molar-refractivity contribution in [2.75, 3.05) is 6.61 Å². The highest BCUT2D eigenvalue weighted by Gasteiger charge is 1.98. The minimum Gasteiger partial charge on any atom is -0.494 e. The van der Waals surface area contributed by atoms with Crippen LogP contribution in [-0.4, -0.2) is 18.6 Å². The van der Waals surface area contributed by atoms with Crippen LogP contribution >= 0.6 is 0 Å². The molecule has 0 saturated carbocycles. The van der Waals surface area contributed by atoms with Crippen LogP contribution in [0.4, 0.5) is 0 Å². The third kappa shape index (κ3) is 5.62. The van der Waals surface area contributed by atoms with Crippen LogP contribution in [0.15, 0.2) is 24.3 Å². The summed E-state index contributed by atoms with van der Waals surface area (Å²) in [6.07, 6.45) is 5.66. The zero-order chi connectivity index (χ0) is 13.2. The van der Waals surface area contributed by atoms with Crippen LogP contribution in [0.2, 0.25) is 0 Å². The SMILES string of the molecule is CCCCC(=N)CCCOc1ccc(C=O)cc1. The molecule has 0 aromatic heterocycles. The van der Waals surface area contributed by atoms with E-state index < -0.39 is 0 Å². The van der Waals surface area contributed by atoms with Crippen molar-refractivity contribution in [2.24, 2.45) is 0 Å². The van der Waals surface area contributed by atoms with Gasteiger partial charge in [-0.3, -0.25) is 4.79 Å². The smallest absolute Gasteiger partial charge is 0.150 e. The first-order valence-corrected chi connectivity index (χ1v) is 6.50. The molecule has 0 spiro atoms. The predicted octanol–water partition coefficient (Wildman–Crippen LogP) is 3.87. The van der Waals surface area contributed by atoms with Crippen molar-refractivity contribution in [3.8, 4) is 5.75 Å². The Bertz CT molecular complexity index is 371. The average molecular weight is 247 g/mol. The summed E-state index contributed by atoms with van der Waals surface area (Å²) in [4.78, 5) is 10.5. The van der Waals surface area contributed by atoms with Gasteiger partial charge < -0.3 is 10.1 Å². The second kappa shape index (κ2) is 8.45. The molecule has 0 aliphatic rings. The highest BCUT2D eigenvalue weighted by Crippen LogP contribution is 2.12. The lowest BCUT2D eigenvalue weighted by Gasteiger charge is -2.06. The van der Waals surface area contributed by atoms with Crippen molar-refractivity contribution in [3.05, 3.63) is 29.8 Å². The lowest BCUT2D eigenvalue weighted by atomic mass is 10.1. The number of benzene rings is 1. The second-order valence-corrected chi connectivity index (χ2v) is 4.35. The molecule has 0 fully saturated rings. The minimum atomic E-state index is 0.620. The summed E-state index contributed by atoms with van der Waals surface area (Å²) < 4.78 is 5.55. The molecule has 0 aliphatic heterocycles. The predicted molar refractivity (Wildman–Crippen MR) is 73.8 cm³/mol. The Balaban J connectivity index is 2.17. The number of rotatable bonds is 9. The van der Waals surface area contributed by atoms with Crippen molar-refractivity contribution < 1.29 is 9.53 Å². The number of nitrogens with one attached hydrogen (secondary N) is 1. The molecule has 0 saturated heterocycles. The maximum atomic E-state index is 10.5. The van der Waals surface area contributed by atoms with E-state index in [9.17, 15) is 4.79 Å². The molecule has 0 unspecified atom stereocenters. The van der Waals surface area contributed by atoms with Crippen LogP contribution < -0.4 is 4.74 Å². The van der Waals surface area contributed by atoms with Crippen molar-refractivity contribution in [1.29, 1.82) is 5.41 Å².